The molecule has 1 atom stereocenters. The van der Waals surface area contributed by atoms with Crippen molar-refractivity contribution in [2.45, 2.75) is 23.1 Å². The fraction of sp³-hybridized carbons (Fsp3) is 0.200. The normalized spacial score (nSPS) is 11.9. The number of carbonyl (C=O) groups is 1. The number of rotatable bonds is 5. The van der Waals surface area contributed by atoms with Gasteiger partial charge in [-0.15, -0.1) is 23.4 Å². The highest BCUT2D eigenvalue weighted by molar-refractivity contribution is 7.98. The molecular weight excluding hydrogens is 292 g/mol. The number of carbonyl (C=O) groups excluding carboxylic acids is 1. The molecule has 1 aromatic carbocycles. The molecule has 1 heterocycles. The zero-order valence-corrected chi connectivity index (χ0v) is 12.6. The molecule has 20 heavy (non-hydrogen) atoms. The van der Waals surface area contributed by atoms with E-state index in [1.807, 2.05) is 42.5 Å². The van der Waals surface area contributed by atoms with E-state index in [1.165, 1.54) is 0 Å². The van der Waals surface area contributed by atoms with Crippen LogP contribution in [-0.4, -0.2) is 16.3 Å². The molecule has 1 amide bonds. The van der Waals surface area contributed by atoms with Gasteiger partial charge < -0.3 is 5.32 Å². The average Bonchev–Trinajstić information content (AvgIpc) is 2.46. The van der Waals surface area contributed by atoms with Crippen LogP contribution in [0.2, 0.25) is 0 Å². The molecule has 104 valence electrons. The Morgan fingerprint density at radius 3 is 2.90 bits per heavy atom. The maximum atomic E-state index is 11.5. The lowest BCUT2D eigenvalue weighted by molar-refractivity contribution is -0.115. The second-order valence-corrected chi connectivity index (χ2v) is 5.91. The monoisotopic (exact) mass is 306 g/mol. The van der Waals surface area contributed by atoms with Gasteiger partial charge in [0.25, 0.3) is 0 Å². The van der Waals surface area contributed by atoms with E-state index < -0.39 is 5.38 Å². The first kappa shape index (κ1) is 14.9. The number of pyridine rings is 1. The van der Waals surface area contributed by atoms with Crippen molar-refractivity contribution in [1.29, 1.82) is 0 Å². The van der Waals surface area contributed by atoms with Crippen LogP contribution in [0.5, 0.6) is 0 Å². The van der Waals surface area contributed by atoms with Crippen LogP contribution in [0.15, 0.2) is 53.7 Å². The molecule has 1 aromatic heterocycles. The summed E-state index contributed by atoms with van der Waals surface area (Å²) in [7, 11) is 0. The molecule has 1 N–H and O–H groups in total. The summed E-state index contributed by atoms with van der Waals surface area (Å²) in [5.41, 5.74) is 1.89. The van der Waals surface area contributed by atoms with E-state index in [-0.39, 0.29) is 5.91 Å². The number of halogens is 1. The number of anilines is 1. The number of hydrogen-bond acceptors (Lipinski definition) is 3. The molecule has 3 nitrogen and oxygen atoms in total. The predicted molar refractivity (Wildman–Crippen MR) is 84.2 cm³/mol. The first-order valence-electron chi connectivity index (χ1n) is 6.23. The van der Waals surface area contributed by atoms with Gasteiger partial charge in [0.05, 0.1) is 5.03 Å². The van der Waals surface area contributed by atoms with Gasteiger partial charge in [-0.2, -0.15) is 0 Å². The molecule has 2 rings (SSSR count). The van der Waals surface area contributed by atoms with Crippen molar-refractivity contribution in [2.75, 3.05) is 5.32 Å². The topological polar surface area (TPSA) is 42.0 Å². The summed E-state index contributed by atoms with van der Waals surface area (Å²) >= 11 is 7.39. The Morgan fingerprint density at radius 2 is 2.20 bits per heavy atom. The number of hydrogen-bond donors (Lipinski definition) is 1. The van der Waals surface area contributed by atoms with E-state index in [1.54, 1.807) is 24.9 Å². The van der Waals surface area contributed by atoms with Crippen molar-refractivity contribution < 1.29 is 4.79 Å². The van der Waals surface area contributed by atoms with Crippen LogP contribution in [-0.2, 0) is 10.5 Å². The summed E-state index contributed by atoms with van der Waals surface area (Å²) in [5.74, 6) is 0.609. The quantitative estimate of drug-likeness (QED) is 0.672. The number of amides is 1. The van der Waals surface area contributed by atoms with E-state index >= 15 is 0 Å². The lowest BCUT2D eigenvalue weighted by atomic mass is 10.2. The molecule has 0 aliphatic heterocycles. The Morgan fingerprint density at radius 1 is 1.35 bits per heavy atom. The molecule has 0 aliphatic carbocycles. The largest absolute Gasteiger partial charge is 0.325 e. The van der Waals surface area contributed by atoms with Gasteiger partial charge in [0.2, 0.25) is 5.91 Å². The summed E-state index contributed by atoms with van der Waals surface area (Å²) in [6.45, 7) is 1.65. The summed E-state index contributed by atoms with van der Waals surface area (Å²) in [6.07, 6.45) is 1.78. The smallest absolute Gasteiger partial charge is 0.242 e. The number of thioether (sulfide) groups is 1. The van der Waals surface area contributed by atoms with Crippen molar-refractivity contribution in [3.05, 3.63) is 54.2 Å². The SMILES string of the molecule is C[C@H](Cl)C(=O)Nc1cccc(CSc2ccccn2)c1. The van der Waals surface area contributed by atoms with Gasteiger partial charge >= 0.3 is 0 Å². The van der Waals surface area contributed by atoms with E-state index in [0.717, 1.165) is 22.0 Å². The number of nitrogens with zero attached hydrogens (tertiary/aromatic N) is 1. The van der Waals surface area contributed by atoms with Crippen LogP contribution >= 0.6 is 23.4 Å². The third kappa shape index (κ3) is 4.54. The molecule has 0 spiro atoms. The third-order valence-electron chi connectivity index (χ3n) is 2.58. The molecule has 0 saturated carbocycles. The maximum Gasteiger partial charge on any atom is 0.242 e. The number of aromatic nitrogens is 1. The van der Waals surface area contributed by atoms with E-state index in [4.69, 9.17) is 11.6 Å². The Labute approximate surface area is 127 Å². The van der Waals surface area contributed by atoms with Crippen LogP contribution in [0.1, 0.15) is 12.5 Å². The van der Waals surface area contributed by atoms with Gasteiger partial charge in [-0.05, 0) is 36.8 Å². The van der Waals surface area contributed by atoms with Crippen molar-refractivity contribution >= 4 is 35.0 Å². The van der Waals surface area contributed by atoms with Gasteiger partial charge in [-0.25, -0.2) is 4.98 Å². The van der Waals surface area contributed by atoms with E-state index in [0.29, 0.717) is 0 Å². The summed E-state index contributed by atoms with van der Waals surface area (Å²) in [4.78, 5) is 15.8. The summed E-state index contributed by atoms with van der Waals surface area (Å²) in [6, 6.07) is 13.6. The minimum absolute atomic E-state index is 0.193. The lowest BCUT2D eigenvalue weighted by Gasteiger charge is -2.08. The van der Waals surface area contributed by atoms with Crippen LogP contribution in [0.3, 0.4) is 0 Å². The Bertz CT molecular complexity index is 575. The molecule has 0 fully saturated rings. The Hall–Kier alpha value is -1.52. The maximum absolute atomic E-state index is 11.5. The van der Waals surface area contributed by atoms with Crippen molar-refractivity contribution in [2.24, 2.45) is 0 Å². The van der Waals surface area contributed by atoms with Crippen LogP contribution in [0.4, 0.5) is 5.69 Å². The molecule has 0 saturated heterocycles. The third-order valence-corrected chi connectivity index (χ3v) is 3.79. The highest BCUT2D eigenvalue weighted by Gasteiger charge is 2.09. The van der Waals surface area contributed by atoms with Crippen LogP contribution in [0.25, 0.3) is 0 Å². The summed E-state index contributed by atoms with van der Waals surface area (Å²) in [5, 5.41) is 3.23. The average molecular weight is 307 g/mol. The number of benzene rings is 1. The molecule has 0 bridgehead atoms. The van der Waals surface area contributed by atoms with Crippen molar-refractivity contribution in [3.8, 4) is 0 Å². The predicted octanol–water partition coefficient (Wildman–Crippen LogP) is 3.94. The molecular formula is C15H15ClN2OS. The van der Waals surface area contributed by atoms with Crippen molar-refractivity contribution in [3.63, 3.8) is 0 Å². The fourth-order valence-electron chi connectivity index (χ4n) is 1.57. The molecule has 0 unspecified atom stereocenters. The first-order valence-corrected chi connectivity index (χ1v) is 7.65. The standard InChI is InChI=1S/C15H15ClN2OS/c1-11(16)15(19)18-13-6-4-5-12(9-13)10-20-14-7-2-3-8-17-14/h2-9,11H,10H2,1H3,(H,18,19)/t11-/m0/s1. The van der Waals surface area contributed by atoms with Crippen LogP contribution in [0, 0.1) is 0 Å². The molecule has 5 heteroatoms. The second kappa shape index (κ2) is 7.31. The Balaban J connectivity index is 1.97. The van der Waals surface area contributed by atoms with Crippen molar-refractivity contribution in [1.82, 2.24) is 4.98 Å². The van der Waals surface area contributed by atoms with Gasteiger partial charge in [0.15, 0.2) is 0 Å². The molecule has 0 aliphatic rings. The zero-order valence-electron chi connectivity index (χ0n) is 11.0. The van der Waals surface area contributed by atoms with Gasteiger partial charge in [0, 0.05) is 17.6 Å². The number of nitrogens with one attached hydrogen (secondary N) is 1. The number of alkyl halides is 1. The van der Waals surface area contributed by atoms with Gasteiger partial charge in [-0.1, -0.05) is 18.2 Å². The molecule has 0 radical (unpaired) electrons. The van der Waals surface area contributed by atoms with Gasteiger partial charge in [-0.3, -0.25) is 4.79 Å². The summed E-state index contributed by atoms with van der Waals surface area (Å²) < 4.78 is 0. The first-order chi connectivity index (χ1) is 9.65. The van der Waals surface area contributed by atoms with E-state index in [2.05, 4.69) is 10.3 Å². The minimum Gasteiger partial charge on any atom is -0.325 e. The van der Waals surface area contributed by atoms with Gasteiger partial charge in [0.1, 0.15) is 5.38 Å². The second-order valence-electron chi connectivity index (χ2n) is 4.26. The lowest BCUT2D eigenvalue weighted by Crippen LogP contribution is -2.20. The fourth-order valence-corrected chi connectivity index (χ4v) is 2.43. The zero-order chi connectivity index (χ0) is 14.4. The Kier molecular flexibility index (Phi) is 5.44. The molecule has 2 aromatic rings. The highest BCUT2D eigenvalue weighted by atomic mass is 35.5. The minimum atomic E-state index is -0.540. The van der Waals surface area contributed by atoms with Crippen LogP contribution < -0.4 is 5.32 Å². The van der Waals surface area contributed by atoms with E-state index in [9.17, 15) is 4.79 Å². The highest BCUT2D eigenvalue weighted by Crippen LogP contribution is 2.22.